The van der Waals surface area contributed by atoms with Crippen molar-refractivity contribution >= 4 is 5.91 Å². The van der Waals surface area contributed by atoms with Gasteiger partial charge in [0.05, 0.1) is 0 Å². The van der Waals surface area contributed by atoms with Gasteiger partial charge in [-0.15, -0.1) is 0 Å². The van der Waals surface area contributed by atoms with Gasteiger partial charge in [-0.25, -0.2) is 0 Å². The number of alkyl halides is 3. The minimum absolute atomic E-state index is 0.0921. The molecule has 0 aromatic heterocycles. The van der Waals surface area contributed by atoms with E-state index in [1.54, 1.807) is 5.32 Å². The second kappa shape index (κ2) is 4.20. The molecule has 0 fully saturated rings. The quantitative estimate of drug-likeness (QED) is 0.637. The monoisotopic (exact) mass is 169 g/mol. The molecule has 1 amide bonds. The van der Waals surface area contributed by atoms with Crippen LogP contribution in [0.15, 0.2) is 0 Å². The molecule has 66 valence electrons. The Morgan fingerprint density at radius 2 is 2.00 bits per heavy atom. The van der Waals surface area contributed by atoms with Crippen molar-refractivity contribution in [1.29, 1.82) is 0 Å². The molecule has 0 spiro atoms. The van der Waals surface area contributed by atoms with Crippen LogP contribution in [0.4, 0.5) is 13.2 Å². The van der Waals surface area contributed by atoms with Gasteiger partial charge in [-0.05, 0) is 6.42 Å². The second-order valence-electron chi connectivity index (χ2n) is 2.11. The minimum atomic E-state index is -4.74. The van der Waals surface area contributed by atoms with E-state index in [0.29, 0.717) is 6.42 Å². The standard InChI is InChI=1S/C6H10F3NO/c1-2-3-4-10-5(11)6(7,8)9/h2-4H2,1H3,(H,10,11). The summed E-state index contributed by atoms with van der Waals surface area (Å²) in [7, 11) is 0. The SMILES string of the molecule is CCCCNC(=O)C(F)(F)F. The molecule has 0 aliphatic carbocycles. The zero-order chi connectivity index (χ0) is 8.91. The van der Waals surface area contributed by atoms with Gasteiger partial charge in [0.1, 0.15) is 0 Å². The van der Waals surface area contributed by atoms with E-state index in [0.717, 1.165) is 6.42 Å². The van der Waals surface area contributed by atoms with Crippen LogP contribution < -0.4 is 5.32 Å². The smallest absolute Gasteiger partial charge is 0.348 e. The van der Waals surface area contributed by atoms with Crippen LogP contribution in [0.1, 0.15) is 19.8 Å². The number of halogens is 3. The molecule has 0 rings (SSSR count). The van der Waals surface area contributed by atoms with Gasteiger partial charge in [-0.3, -0.25) is 4.79 Å². The lowest BCUT2D eigenvalue weighted by Gasteiger charge is -2.06. The largest absolute Gasteiger partial charge is 0.471 e. The normalized spacial score (nSPS) is 11.3. The number of carbonyl (C=O) groups excluding carboxylic acids is 1. The van der Waals surface area contributed by atoms with Crippen LogP contribution in [0.2, 0.25) is 0 Å². The molecule has 0 heterocycles. The first-order valence-corrected chi connectivity index (χ1v) is 3.33. The molecule has 0 aromatic rings. The Hall–Kier alpha value is -0.740. The van der Waals surface area contributed by atoms with E-state index in [4.69, 9.17) is 0 Å². The van der Waals surface area contributed by atoms with E-state index in [1.807, 2.05) is 6.92 Å². The minimum Gasteiger partial charge on any atom is -0.348 e. The Labute approximate surface area is 62.8 Å². The van der Waals surface area contributed by atoms with Gasteiger partial charge >= 0.3 is 12.1 Å². The fraction of sp³-hybridized carbons (Fsp3) is 0.833. The Morgan fingerprint density at radius 1 is 1.45 bits per heavy atom. The fourth-order valence-electron chi connectivity index (χ4n) is 0.479. The summed E-state index contributed by atoms with van der Waals surface area (Å²) in [6, 6.07) is 0. The Balaban J connectivity index is 3.54. The van der Waals surface area contributed by atoms with Crippen LogP contribution in [0.5, 0.6) is 0 Å². The predicted octanol–water partition coefficient (Wildman–Crippen LogP) is 1.46. The van der Waals surface area contributed by atoms with E-state index >= 15 is 0 Å². The average molecular weight is 169 g/mol. The molecule has 11 heavy (non-hydrogen) atoms. The molecule has 0 aromatic carbocycles. The van der Waals surface area contributed by atoms with Crippen molar-refractivity contribution in [3.63, 3.8) is 0 Å². The third-order valence-electron chi connectivity index (χ3n) is 1.07. The van der Waals surface area contributed by atoms with Crippen molar-refractivity contribution in [3.05, 3.63) is 0 Å². The number of amides is 1. The Morgan fingerprint density at radius 3 is 2.36 bits per heavy atom. The third kappa shape index (κ3) is 4.64. The molecular weight excluding hydrogens is 159 g/mol. The number of carbonyl (C=O) groups is 1. The highest BCUT2D eigenvalue weighted by molar-refractivity contribution is 5.81. The van der Waals surface area contributed by atoms with E-state index in [-0.39, 0.29) is 6.54 Å². The molecule has 0 saturated carbocycles. The first-order valence-electron chi connectivity index (χ1n) is 3.33. The summed E-state index contributed by atoms with van der Waals surface area (Å²) in [6.45, 7) is 1.93. The summed E-state index contributed by atoms with van der Waals surface area (Å²) < 4.78 is 34.4. The molecule has 5 heteroatoms. The molecule has 0 atom stereocenters. The van der Waals surface area contributed by atoms with Crippen LogP contribution in [-0.2, 0) is 4.79 Å². The van der Waals surface area contributed by atoms with Gasteiger partial charge in [0.25, 0.3) is 0 Å². The summed E-state index contributed by atoms with van der Waals surface area (Å²) in [6.07, 6.45) is -3.41. The zero-order valence-electron chi connectivity index (χ0n) is 6.16. The van der Waals surface area contributed by atoms with Crippen LogP contribution >= 0.6 is 0 Å². The zero-order valence-corrected chi connectivity index (χ0v) is 6.16. The maximum atomic E-state index is 11.5. The van der Waals surface area contributed by atoms with Gasteiger partial charge in [-0.2, -0.15) is 13.2 Å². The predicted molar refractivity (Wildman–Crippen MR) is 34.0 cm³/mol. The number of unbranched alkanes of at least 4 members (excludes halogenated alkanes) is 1. The fourth-order valence-corrected chi connectivity index (χ4v) is 0.479. The first-order chi connectivity index (χ1) is 4.98. The van der Waals surface area contributed by atoms with Crippen LogP contribution in [0, 0.1) is 0 Å². The van der Waals surface area contributed by atoms with E-state index in [9.17, 15) is 18.0 Å². The first kappa shape index (κ1) is 10.3. The van der Waals surface area contributed by atoms with Crippen LogP contribution in [0.3, 0.4) is 0 Å². The van der Waals surface area contributed by atoms with Gasteiger partial charge in [0.15, 0.2) is 0 Å². The summed E-state index contributed by atoms with van der Waals surface area (Å²) in [4.78, 5) is 10.1. The lowest BCUT2D eigenvalue weighted by molar-refractivity contribution is -0.173. The van der Waals surface area contributed by atoms with Gasteiger partial charge in [0.2, 0.25) is 0 Å². The summed E-state index contributed by atoms with van der Waals surface area (Å²) >= 11 is 0. The highest BCUT2D eigenvalue weighted by Gasteiger charge is 2.37. The van der Waals surface area contributed by atoms with E-state index < -0.39 is 12.1 Å². The molecule has 0 aliphatic rings. The highest BCUT2D eigenvalue weighted by Crippen LogP contribution is 2.13. The van der Waals surface area contributed by atoms with Crippen LogP contribution in [-0.4, -0.2) is 18.6 Å². The lowest BCUT2D eigenvalue weighted by atomic mass is 10.3. The molecule has 0 aliphatic heterocycles. The molecule has 1 N–H and O–H groups in total. The summed E-state index contributed by atoms with van der Waals surface area (Å²) in [5, 5.41) is 1.76. The molecule has 0 unspecified atom stereocenters. The van der Waals surface area contributed by atoms with E-state index in [1.165, 1.54) is 0 Å². The molecule has 0 saturated heterocycles. The van der Waals surface area contributed by atoms with Gasteiger partial charge < -0.3 is 5.32 Å². The highest BCUT2D eigenvalue weighted by atomic mass is 19.4. The van der Waals surface area contributed by atoms with Gasteiger partial charge in [-0.1, -0.05) is 13.3 Å². The average Bonchev–Trinajstić information content (AvgIpc) is 1.86. The Kier molecular flexibility index (Phi) is 3.92. The Bertz CT molecular complexity index is 132. The van der Waals surface area contributed by atoms with Crippen molar-refractivity contribution < 1.29 is 18.0 Å². The van der Waals surface area contributed by atoms with Crippen molar-refractivity contribution in [2.24, 2.45) is 0 Å². The topological polar surface area (TPSA) is 29.1 Å². The lowest BCUT2D eigenvalue weighted by Crippen LogP contribution is -2.37. The second-order valence-corrected chi connectivity index (χ2v) is 2.11. The maximum Gasteiger partial charge on any atom is 0.471 e. The third-order valence-corrected chi connectivity index (χ3v) is 1.07. The van der Waals surface area contributed by atoms with Crippen molar-refractivity contribution in [3.8, 4) is 0 Å². The number of hydrogen-bond acceptors (Lipinski definition) is 1. The number of rotatable bonds is 3. The van der Waals surface area contributed by atoms with Crippen molar-refractivity contribution in [2.45, 2.75) is 25.9 Å². The van der Waals surface area contributed by atoms with Crippen molar-refractivity contribution in [1.82, 2.24) is 5.32 Å². The number of hydrogen-bond donors (Lipinski definition) is 1. The number of nitrogens with one attached hydrogen (secondary N) is 1. The summed E-state index contributed by atoms with van der Waals surface area (Å²) in [5.41, 5.74) is 0. The summed E-state index contributed by atoms with van der Waals surface area (Å²) in [5.74, 6) is -1.86. The molecule has 2 nitrogen and oxygen atoms in total. The molecular formula is C6H10F3NO. The van der Waals surface area contributed by atoms with E-state index in [2.05, 4.69) is 0 Å². The maximum absolute atomic E-state index is 11.5. The van der Waals surface area contributed by atoms with Gasteiger partial charge in [0, 0.05) is 6.54 Å². The molecule has 0 radical (unpaired) electrons. The van der Waals surface area contributed by atoms with Crippen molar-refractivity contribution in [2.75, 3.05) is 6.54 Å². The molecule has 0 bridgehead atoms. The van der Waals surface area contributed by atoms with Crippen LogP contribution in [0.25, 0.3) is 0 Å².